The van der Waals surface area contributed by atoms with Crippen molar-refractivity contribution in [2.24, 2.45) is 4.99 Å². The smallest absolute Gasteiger partial charge is 0.270 e. The topological polar surface area (TPSA) is 102 Å². The molecule has 30 heavy (non-hydrogen) atoms. The summed E-state index contributed by atoms with van der Waals surface area (Å²) in [6, 6.07) is 16.9. The van der Waals surface area contributed by atoms with Crippen LogP contribution in [0.4, 0.5) is 11.5 Å². The predicted octanol–water partition coefficient (Wildman–Crippen LogP) is 4.76. The van der Waals surface area contributed by atoms with Gasteiger partial charge >= 0.3 is 0 Å². The lowest BCUT2D eigenvalue weighted by molar-refractivity contribution is -0.384. The highest BCUT2D eigenvalue weighted by Gasteiger charge is 2.15. The van der Waals surface area contributed by atoms with Crippen LogP contribution < -0.4 is 4.74 Å². The molecule has 2 aromatic carbocycles. The number of aromatic nitrogens is 2. The second kappa shape index (κ2) is 8.04. The Bertz CT molecular complexity index is 1260. The molecule has 0 bridgehead atoms. The van der Waals surface area contributed by atoms with E-state index in [9.17, 15) is 15.2 Å². The number of aliphatic imine (C=N–C) groups is 1. The maximum atomic E-state index is 11.0. The Hall–Kier alpha value is -4.20. The molecular formula is C22H18N4O4. The number of imidazole rings is 1. The minimum atomic E-state index is -0.442. The molecule has 8 nitrogen and oxygen atoms in total. The highest BCUT2D eigenvalue weighted by Crippen LogP contribution is 2.36. The van der Waals surface area contributed by atoms with E-state index in [2.05, 4.69) is 9.98 Å². The molecule has 2 aromatic heterocycles. The van der Waals surface area contributed by atoms with E-state index in [1.165, 1.54) is 12.1 Å². The van der Waals surface area contributed by atoms with Gasteiger partial charge in [0.05, 0.1) is 11.5 Å². The van der Waals surface area contributed by atoms with Crippen molar-refractivity contribution in [3.8, 4) is 22.8 Å². The van der Waals surface area contributed by atoms with Gasteiger partial charge in [0.15, 0.2) is 17.3 Å². The van der Waals surface area contributed by atoms with Crippen LogP contribution >= 0.6 is 0 Å². The quantitative estimate of drug-likeness (QED) is 0.284. The molecule has 0 aliphatic heterocycles. The average Bonchev–Trinajstić information content (AvgIpc) is 3.13. The van der Waals surface area contributed by atoms with Crippen molar-refractivity contribution in [3.05, 3.63) is 82.5 Å². The third kappa shape index (κ3) is 3.70. The van der Waals surface area contributed by atoms with Crippen LogP contribution in [0.2, 0.25) is 0 Å². The Morgan fingerprint density at radius 3 is 2.87 bits per heavy atom. The molecule has 8 heteroatoms. The fourth-order valence-electron chi connectivity index (χ4n) is 3.09. The maximum absolute atomic E-state index is 11.0. The predicted molar refractivity (Wildman–Crippen MR) is 114 cm³/mol. The van der Waals surface area contributed by atoms with E-state index in [1.54, 1.807) is 36.5 Å². The normalized spacial score (nSPS) is 11.2. The van der Waals surface area contributed by atoms with Gasteiger partial charge in [0.2, 0.25) is 0 Å². The number of nitro groups is 1. The number of pyridine rings is 1. The van der Waals surface area contributed by atoms with E-state index >= 15 is 0 Å². The van der Waals surface area contributed by atoms with Gasteiger partial charge in [-0.1, -0.05) is 18.2 Å². The number of hydrogen-bond donors (Lipinski definition) is 1. The summed E-state index contributed by atoms with van der Waals surface area (Å²) in [6.07, 6.45) is 3.41. The van der Waals surface area contributed by atoms with Crippen molar-refractivity contribution in [1.29, 1.82) is 0 Å². The number of nitro benzene ring substituents is 1. The van der Waals surface area contributed by atoms with Crippen LogP contribution in [0.15, 0.2) is 71.9 Å². The number of nitrogens with zero attached hydrogens (tertiary/aromatic N) is 4. The summed E-state index contributed by atoms with van der Waals surface area (Å²) in [7, 11) is 0. The number of hydrogen-bond acceptors (Lipinski definition) is 6. The first-order chi connectivity index (χ1) is 14.6. The maximum Gasteiger partial charge on any atom is 0.270 e. The summed E-state index contributed by atoms with van der Waals surface area (Å²) < 4.78 is 7.32. The van der Waals surface area contributed by atoms with E-state index in [0.717, 1.165) is 5.56 Å². The monoisotopic (exact) mass is 402 g/mol. The number of phenols is 1. The van der Waals surface area contributed by atoms with E-state index < -0.39 is 4.92 Å². The molecule has 0 fully saturated rings. The SMILES string of the molecule is CCOc1cc(-c2nc3ccccn3c2N=Cc2cccc([N+](=O)[O-])c2)ccc1O. The Balaban J connectivity index is 1.83. The third-order valence-corrected chi connectivity index (χ3v) is 4.45. The van der Waals surface area contributed by atoms with Crippen molar-refractivity contribution >= 4 is 23.4 Å². The zero-order valence-electron chi connectivity index (χ0n) is 16.1. The van der Waals surface area contributed by atoms with Gasteiger partial charge in [-0.15, -0.1) is 0 Å². The van der Waals surface area contributed by atoms with Crippen molar-refractivity contribution in [2.75, 3.05) is 6.61 Å². The molecule has 0 saturated carbocycles. The van der Waals surface area contributed by atoms with E-state index in [1.807, 2.05) is 35.7 Å². The molecule has 0 atom stereocenters. The van der Waals surface area contributed by atoms with Gasteiger partial charge in [0.1, 0.15) is 11.3 Å². The largest absolute Gasteiger partial charge is 0.504 e. The van der Waals surface area contributed by atoms with Gasteiger partial charge in [0.25, 0.3) is 5.69 Å². The molecule has 150 valence electrons. The Labute approximate surface area is 171 Å². The lowest BCUT2D eigenvalue weighted by atomic mass is 10.1. The minimum absolute atomic E-state index is 0.00259. The second-order valence-corrected chi connectivity index (χ2v) is 6.44. The number of rotatable bonds is 6. The van der Waals surface area contributed by atoms with E-state index in [4.69, 9.17) is 4.74 Å². The minimum Gasteiger partial charge on any atom is -0.504 e. The molecule has 0 radical (unpaired) electrons. The van der Waals surface area contributed by atoms with Crippen LogP contribution in [-0.2, 0) is 0 Å². The van der Waals surface area contributed by atoms with Crippen LogP contribution in [-0.4, -0.2) is 32.2 Å². The van der Waals surface area contributed by atoms with Gasteiger partial charge in [-0.3, -0.25) is 14.5 Å². The van der Waals surface area contributed by atoms with Crippen LogP contribution in [0.1, 0.15) is 12.5 Å². The standard InChI is InChI=1S/C22H18N4O4/c1-2-30-19-13-16(9-10-18(19)27)21-22(25-11-4-3-8-20(25)24-21)23-14-15-6-5-7-17(12-15)26(28)29/h3-14,27H,2H2,1H3. The fourth-order valence-corrected chi connectivity index (χ4v) is 3.09. The highest BCUT2D eigenvalue weighted by atomic mass is 16.6. The van der Waals surface area contributed by atoms with Gasteiger partial charge in [-0.2, -0.15) is 0 Å². The molecule has 0 aliphatic carbocycles. The zero-order chi connectivity index (χ0) is 21.1. The molecule has 2 heterocycles. The average molecular weight is 402 g/mol. The molecule has 0 saturated heterocycles. The summed E-state index contributed by atoms with van der Waals surface area (Å²) in [6.45, 7) is 2.26. The van der Waals surface area contributed by atoms with Gasteiger partial charge in [-0.05, 0) is 42.8 Å². The van der Waals surface area contributed by atoms with E-state index in [-0.39, 0.29) is 11.4 Å². The summed E-state index contributed by atoms with van der Waals surface area (Å²) in [5.74, 6) is 0.969. The molecular weight excluding hydrogens is 384 g/mol. The van der Waals surface area contributed by atoms with Crippen LogP contribution in [0.5, 0.6) is 11.5 Å². The number of fused-ring (bicyclic) bond motifs is 1. The molecule has 4 aromatic rings. The summed E-state index contributed by atoms with van der Waals surface area (Å²) in [5, 5.41) is 21.0. The van der Waals surface area contributed by atoms with E-state index in [0.29, 0.717) is 35.1 Å². The van der Waals surface area contributed by atoms with Crippen molar-refractivity contribution in [1.82, 2.24) is 9.38 Å². The van der Waals surface area contributed by atoms with Crippen LogP contribution in [0.3, 0.4) is 0 Å². The number of non-ortho nitro benzene ring substituents is 1. The molecule has 4 rings (SSSR count). The third-order valence-electron chi connectivity index (χ3n) is 4.45. The first-order valence-electron chi connectivity index (χ1n) is 9.28. The fraction of sp³-hybridized carbons (Fsp3) is 0.0909. The number of aromatic hydroxyl groups is 1. The first kappa shape index (κ1) is 19.1. The van der Waals surface area contributed by atoms with Crippen LogP contribution in [0, 0.1) is 10.1 Å². The first-order valence-corrected chi connectivity index (χ1v) is 9.28. The van der Waals surface area contributed by atoms with Crippen LogP contribution in [0.25, 0.3) is 16.9 Å². The van der Waals surface area contributed by atoms with Gasteiger partial charge in [-0.25, -0.2) is 9.98 Å². The number of ether oxygens (including phenoxy) is 1. The summed E-state index contributed by atoms with van der Waals surface area (Å²) in [5.41, 5.74) is 2.62. The lowest BCUT2D eigenvalue weighted by Gasteiger charge is -2.07. The van der Waals surface area contributed by atoms with Crippen molar-refractivity contribution in [2.45, 2.75) is 6.92 Å². The Kier molecular flexibility index (Phi) is 5.13. The Morgan fingerprint density at radius 2 is 2.07 bits per heavy atom. The molecule has 0 aliphatic rings. The number of phenolic OH excluding ortho intramolecular Hbond substituents is 1. The molecule has 0 amide bonds. The van der Waals surface area contributed by atoms with Gasteiger partial charge < -0.3 is 9.84 Å². The zero-order valence-corrected chi connectivity index (χ0v) is 16.1. The molecule has 1 N–H and O–H groups in total. The lowest BCUT2D eigenvalue weighted by Crippen LogP contribution is -1.92. The molecule has 0 spiro atoms. The molecule has 0 unspecified atom stereocenters. The number of benzene rings is 2. The summed E-state index contributed by atoms with van der Waals surface area (Å²) >= 11 is 0. The van der Waals surface area contributed by atoms with Crippen molar-refractivity contribution in [3.63, 3.8) is 0 Å². The Morgan fingerprint density at radius 1 is 1.20 bits per heavy atom. The highest BCUT2D eigenvalue weighted by molar-refractivity contribution is 5.86. The van der Waals surface area contributed by atoms with Crippen molar-refractivity contribution < 1.29 is 14.8 Å². The summed E-state index contributed by atoms with van der Waals surface area (Å²) in [4.78, 5) is 19.9. The van der Waals surface area contributed by atoms with Gasteiger partial charge in [0, 0.05) is 30.1 Å². The second-order valence-electron chi connectivity index (χ2n) is 6.44.